The summed E-state index contributed by atoms with van der Waals surface area (Å²) in [7, 11) is 0. The summed E-state index contributed by atoms with van der Waals surface area (Å²) in [6.07, 6.45) is -33.8. The van der Waals surface area contributed by atoms with Crippen molar-refractivity contribution in [2.45, 2.75) is 44.0 Å². The fraction of sp³-hybridized carbons (Fsp3) is 0.269. The van der Waals surface area contributed by atoms with Crippen LogP contribution in [0.15, 0.2) is 54.6 Å². The maximum absolute atomic E-state index is 13.5. The van der Waals surface area contributed by atoms with Crippen LogP contribution in [-0.2, 0) is 41.9 Å². The van der Waals surface area contributed by atoms with Gasteiger partial charge in [-0.1, -0.05) is 0 Å². The second kappa shape index (κ2) is 13.3. The Bertz CT molecular complexity index is 1310. The average Bonchev–Trinajstić information content (AvgIpc) is 2.85. The Morgan fingerprint density at radius 3 is 0.638 bits per heavy atom. The third-order valence-electron chi connectivity index (χ3n) is 5.49. The Labute approximate surface area is 258 Å². The first kappa shape index (κ1) is 39.9. The van der Waals surface area contributed by atoms with Gasteiger partial charge in [0.05, 0.1) is 0 Å². The molecule has 21 heteroatoms. The Hall–Kier alpha value is -3.25. The van der Waals surface area contributed by atoms with Crippen LogP contribution >= 0.6 is 0 Å². The SMILES string of the molecule is CC(=O)[O-].FC(F)(F)c1c[c]([Bi]([c]2cc(C(F)(F)F)cc(C(F)(F)F)c2)[c]2cc(C(F)(F)F)cc(C(F)(F)F)c2)cc(C(F)(F)F)c1. The molecule has 3 aromatic rings. The van der Waals surface area contributed by atoms with Crippen LogP contribution in [0.5, 0.6) is 0 Å². The normalized spacial score (nSPS) is 13.4. The molecular formula is C26H12BiF18O2-. The molecule has 0 aromatic heterocycles. The van der Waals surface area contributed by atoms with Gasteiger partial charge in [-0.3, -0.25) is 0 Å². The molecule has 0 saturated heterocycles. The van der Waals surface area contributed by atoms with Crippen molar-refractivity contribution in [3.05, 3.63) is 88.0 Å². The topological polar surface area (TPSA) is 40.1 Å². The zero-order valence-electron chi connectivity index (χ0n) is 22.3. The molecule has 0 heterocycles. The van der Waals surface area contributed by atoms with Gasteiger partial charge >= 0.3 is 236 Å². The molecule has 47 heavy (non-hydrogen) atoms. The van der Waals surface area contributed by atoms with Crippen molar-refractivity contribution in [3.63, 3.8) is 0 Å². The van der Waals surface area contributed by atoms with Gasteiger partial charge in [-0.15, -0.1) is 0 Å². The van der Waals surface area contributed by atoms with Crippen molar-refractivity contribution in [2.75, 3.05) is 0 Å². The summed E-state index contributed by atoms with van der Waals surface area (Å²) in [5.74, 6) is -1.08. The number of hydrogen-bond donors (Lipinski definition) is 0. The van der Waals surface area contributed by atoms with Gasteiger partial charge < -0.3 is 9.90 Å². The van der Waals surface area contributed by atoms with Gasteiger partial charge in [-0.2, -0.15) is 0 Å². The molecule has 0 radical (unpaired) electrons. The second-order valence-corrected chi connectivity index (χ2v) is 17.7. The summed E-state index contributed by atoms with van der Waals surface area (Å²) in [6.45, 7) is 0.972. The first-order valence-electron chi connectivity index (χ1n) is 11.7. The molecule has 0 atom stereocenters. The van der Waals surface area contributed by atoms with Crippen LogP contribution in [0.1, 0.15) is 40.3 Å². The van der Waals surface area contributed by atoms with E-state index < -0.39 is 126 Å². The summed E-state index contributed by atoms with van der Waals surface area (Å²) in [4.78, 5) is 8.89. The molecule has 0 amide bonds. The van der Waals surface area contributed by atoms with E-state index in [1.165, 1.54) is 0 Å². The number of hydrogen-bond acceptors (Lipinski definition) is 2. The predicted molar refractivity (Wildman–Crippen MR) is 125 cm³/mol. The molecular weight excluding hydrogens is 895 g/mol. The van der Waals surface area contributed by atoms with Crippen LogP contribution in [0.2, 0.25) is 0 Å². The molecule has 0 bridgehead atoms. The molecule has 0 unspecified atom stereocenters. The zero-order valence-corrected chi connectivity index (χ0v) is 25.7. The zero-order chi connectivity index (χ0) is 36.7. The molecule has 0 aliphatic rings. The van der Waals surface area contributed by atoms with E-state index in [1.807, 2.05) is 0 Å². The predicted octanol–water partition coefficient (Wildman–Crippen LogP) is 7.07. The third-order valence-corrected chi connectivity index (χ3v) is 14.5. The summed E-state index contributed by atoms with van der Waals surface area (Å²) in [5, 5.41) is 8.89. The maximum atomic E-state index is 13.5. The fourth-order valence-electron chi connectivity index (χ4n) is 3.65. The number of carbonyl (C=O) groups is 1. The van der Waals surface area contributed by atoms with Gasteiger partial charge in [0, 0.05) is 5.97 Å². The van der Waals surface area contributed by atoms with Gasteiger partial charge in [0.25, 0.3) is 0 Å². The first-order chi connectivity index (χ1) is 20.8. The van der Waals surface area contributed by atoms with E-state index >= 15 is 0 Å². The number of benzene rings is 3. The molecule has 0 aliphatic carbocycles. The molecule has 0 spiro atoms. The average molecular weight is 907 g/mol. The number of aliphatic carboxylic acids is 1. The van der Waals surface area contributed by atoms with Crippen molar-refractivity contribution in [3.8, 4) is 0 Å². The van der Waals surface area contributed by atoms with E-state index in [-0.39, 0.29) is 36.4 Å². The van der Waals surface area contributed by atoms with Crippen molar-refractivity contribution < 1.29 is 88.9 Å². The summed E-state index contributed by atoms with van der Waals surface area (Å²) in [6, 6.07) is -2.31. The number of carboxylic acid groups (broad SMARTS) is 1. The summed E-state index contributed by atoms with van der Waals surface area (Å²) < 4.78 is 240. The quantitative estimate of drug-likeness (QED) is 0.209. The fourth-order valence-corrected chi connectivity index (χ4v) is 13.4. The minimum absolute atomic E-state index is 0.145. The third kappa shape index (κ3) is 10.9. The van der Waals surface area contributed by atoms with Crippen LogP contribution in [0.4, 0.5) is 79.0 Å². The van der Waals surface area contributed by atoms with E-state index in [4.69, 9.17) is 9.90 Å². The van der Waals surface area contributed by atoms with Crippen LogP contribution < -0.4 is 14.9 Å². The number of halogens is 18. The Morgan fingerprint density at radius 2 is 0.532 bits per heavy atom. The van der Waals surface area contributed by atoms with Gasteiger partial charge in [0.15, 0.2) is 0 Å². The van der Waals surface area contributed by atoms with Gasteiger partial charge in [-0.05, 0) is 6.92 Å². The molecule has 3 aromatic carbocycles. The van der Waals surface area contributed by atoms with Crippen molar-refractivity contribution in [1.82, 2.24) is 0 Å². The van der Waals surface area contributed by atoms with E-state index in [0.29, 0.717) is 0 Å². The van der Waals surface area contributed by atoms with Crippen molar-refractivity contribution in [1.29, 1.82) is 0 Å². The Balaban J connectivity index is 0.00000181. The Morgan fingerprint density at radius 1 is 0.404 bits per heavy atom. The number of carbonyl (C=O) groups excluding carboxylic acids is 1. The summed E-state index contributed by atoms with van der Waals surface area (Å²) >= 11 is -5.85. The van der Waals surface area contributed by atoms with Crippen LogP contribution in [0, 0.1) is 0 Å². The minimum atomic E-state index is -5.85. The molecule has 0 aliphatic heterocycles. The molecule has 0 fully saturated rings. The number of rotatable bonds is 3. The number of alkyl halides is 18. The van der Waals surface area contributed by atoms with Crippen molar-refractivity contribution in [2.24, 2.45) is 0 Å². The van der Waals surface area contributed by atoms with E-state index in [2.05, 4.69) is 0 Å². The van der Waals surface area contributed by atoms with Crippen molar-refractivity contribution >= 4 is 37.5 Å². The number of carboxylic acids is 1. The van der Waals surface area contributed by atoms with Crippen LogP contribution in [-0.4, -0.2) is 27.7 Å². The summed E-state index contributed by atoms with van der Waals surface area (Å²) in [5.41, 5.74) is -12.9. The molecule has 0 saturated carbocycles. The van der Waals surface area contributed by atoms with E-state index in [1.54, 1.807) is 0 Å². The molecule has 0 N–H and O–H groups in total. The molecule has 2 nitrogen and oxygen atoms in total. The standard InChI is InChI=1S/3C8H3F6.C2H4O2.Bi/c3*9-7(10,11)5-2-1-3-6(4-5)8(12,13)14;1-2(3)4;/h3*2-4H;1H3,(H,3,4);/p-1. The second-order valence-electron chi connectivity index (χ2n) is 9.12. The monoisotopic (exact) mass is 907 g/mol. The molecule has 3 rings (SSSR count). The molecule has 260 valence electrons. The van der Waals surface area contributed by atoms with E-state index in [9.17, 15) is 79.0 Å². The van der Waals surface area contributed by atoms with E-state index in [0.717, 1.165) is 6.92 Å². The van der Waals surface area contributed by atoms with Crippen LogP contribution in [0.3, 0.4) is 0 Å². The van der Waals surface area contributed by atoms with Crippen LogP contribution in [0.25, 0.3) is 0 Å². The van der Waals surface area contributed by atoms with Gasteiger partial charge in [-0.25, -0.2) is 0 Å². The van der Waals surface area contributed by atoms with Gasteiger partial charge in [0.1, 0.15) is 0 Å². The van der Waals surface area contributed by atoms with Gasteiger partial charge in [0.2, 0.25) is 0 Å². The first-order valence-corrected chi connectivity index (χ1v) is 16.9. The Kier molecular flexibility index (Phi) is 11.3.